The van der Waals surface area contributed by atoms with Gasteiger partial charge in [0.15, 0.2) is 11.4 Å². The number of aryl methyl sites for hydroxylation is 2. The van der Waals surface area contributed by atoms with Crippen molar-refractivity contribution in [2.75, 3.05) is 7.11 Å². The number of hydrogen-bond donors (Lipinski definition) is 0. The molecule has 0 N–H and O–H groups in total. The van der Waals surface area contributed by atoms with E-state index in [0.29, 0.717) is 28.5 Å². The van der Waals surface area contributed by atoms with E-state index >= 15 is 0 Å². The van der Waals surface area contributed by atoms with Crippen LogP contribution in [0.1, 0.15) is 17.0 Å². The molecule has 0 aliphatic carbocycles. The molecule has 7 nitrogen and oxygen atoms in total. The first kappa shape index (κ1) is 23.2. The molecule has 5 rings (SSSR count). The van der Waals surface area contributed by atoms with Crippen LogP contribution < -0.4 is 15.0 Å². The normalized spacial score (nSPS) is 11.1. The predicted octanol–water partition coefficient (Wildman–Crippen LogP) is 5.03. The zero-order valence-electron chi connectivity index (χ0n) is 19.8. The average Bonchev–Trinajstić information content (AvgIpc) is 3.24. The number of pyridine rings is 1. The summed E-state index contributed by atoms with van der Waals surface area (Å²) in [6.07, 6.45) is 1.59. The van der Waals surface area contributed by atoms with Crippen LogP contribution in [-0.2, 0) is 6.61 Å². The van der Waals surface area contributed by atoms with Crippen LogP contribution in [0, 0.1) is 25.5 Å². The molecule has 3 aromatic heterocycles. The maximum atomic E-state index is 14.0. The first-order chi connectivity index (χ1) is 17.4. The van der Waals surface area contributed by atoms with E-state index in [9.17, 15) is 13.6 Å². The van der Waals surface area contributed by atoms with Crippen molar-refractivity contribution in [3.63, 3.8) is 0 Å². The van der Waals surface area contributed by atoms with Gasteiger partial charge in [-0.1, -0.05) is 12.1 Å². The molecule has 0 atom stereocenters. The zero-order chi connectivity index (χ0) is 25.4. The average molecular weight is 488 g/mol. The molecule has 0 amide bonds. The molecular weight excluding hydrogens is 466 g/mol. The van der Waals surface area contributed by atoms with Gasteiger partial charge in [0.05, 0.1) is 18.4 Å². The fourth-order valence-corrected chi connectivity index (χ4v) is 4.09. The van der Waals surface area contributed by atoms with Crippen molar-refractivity contribution >= 4 is 5.65 Å². The third-order valence-corrected chi connectivity index (χ3v) is 5.85. The standard InChI is InChI=1S/C27H22F2N4O3/c1-16-13-21(31-33(16)22-7-4-5-8-23(22)35-3)25-17(2)30-26-24(9-6-12-32(26)27(25)34)36-15-18-10-11-19(28)14-20(18)29/h4-14H,15H2,1-3H3. The number of methoxy groups -OCH3 is 1. The van der Waals surface area contributed by atoms with Crippen molar-refractivity contribution in [3.8, 4) is 28.4 Å². The van der Waals surface area contributed by atoms with Gasteiger partial charge in [-0.05, 0) is 56.3 Å². The molecule has 0 aliphatic heterocycles. The summed E-state index contributed by atoms with van der Waals surface area (Å²) in [6, 6.07) is 15.9. The van der Waals surface area contributed by atoms with Crippen molar-refractivity contribution in [1.29, 1.82) is 0 Å². The Labute approximate surface area is 205 Å². The number of hydrogen-bond acceptors (Lipinski definition) is 5. The number of rotatable bonds is 6. The molecule has 3 heterocycles. The van der Waals surface area contributed by atoms with Crippen LogP contribution in [-0.4, -0.2) is 26.3 Å². The van der Waals surface area contributed by atoms with Gasteiger partial charge in [-0.2, -0.15) is 5.10 Å². The van der Waals surface area contributed by atoms with Gasteiger partial charge in [0, 0.05) is 23.5 Å². The number of nitrogens with zero attached hydrogens (tertiary/aromatic N) is 4. The highest BCUT2D eigenvalue weighted by Crippen LogP contribution is 2.27. The molecule has 0 unspecified atom stereocenters. The first-order valence-electron chi connectivity index (χ1n) is 11.2. The van der Waals surface area contributed by atoms with E-state index in [4.69, 9.17) is 9.47 Å². The molecule has 36 heavy (non-hydrogen) atoms. The van der Waals surface area contributed by atoms with Crippen LogP contribution in [0.4, 0.5) is 8.78 Å². The Morgan fingerprint density at radius 1 is 0.972 bits per heavy atom. The van der Waals surface area contributed by atoms with E-state index < -0.39 is 11.6 Å². The van der Waals surface area contributed by atoms with Gasteiger partial charge < -0.3 is 9.47 Å². The molecule has 0 saturated carbocycles. The number of ether oxygens (including phenoxy) is 2. The molecule has 0 aliphatic rings. The van der Waals surface area contributed by atoms with Crippen molar-refractivity contribution in [2.24, 2.45) is 0 Å². The lowest BCUT2D eigenvalue weighted by atomic mass is 10.1. The van der Waals surface area contributed by atoms with Crippen LogP contribution in [0.15, 0.2) is 71.7 Å². The van der Waals surface area contributed by atoms with Gasteiger partial charge in [0.1, 0.15) is 35.4 Å². The Morgan fingerprint density at radius 2 is 1.75 bits per heavy atom. The summed E-state index contributed by atoms with van der Waals surface area (Å²) < 4.78 is 41.6. The lowest BCUT2D eigenvalue weighted by Crippen LogP contribution is -2.19. The van der Waals surface area contributed by atoms with E-state index in [1.54, 1.807) is 37.0 Å². The maximum absolute atomic E-state index is 14.0. The summed E-state index contributed by atoms with van der Waals surface area (Å²) in [4.78, 5) is 18.2. The van der Waals surface area contributed by atoms with E-state index in [-0.39, 0.29) is 23.4 Å². The monoisotopic (exact) mass is 488 g/mol. The van der Waals surface area contributed by atoms with Crippen LogP contribution in [0.2, 0.25) is 0 Å². The number of halogens is 2. The third kappa shape index (κ3) is 4.08. The van der Waals surface area contributed by atoms with Gasteiger partial charge in [-0.25, -0.2) is 18.4 Å². The summed E-state index contributed by atoms with van der Waals surface area (Å²) >= 11 is 0. The topological polar surface area (TPSA) is 70.7 Å². The second kappa shape index (κ2) is 9.26. The zero-order valence-corrected chi connectivity index (χ0v) is 19.8. The second-order valence-electron chi connectivity index (χ2n) is 8.22. The van der Waals surface area contributed by atoms with E-state index in [1.807, 2.05) is 37.3 Å². The summed E-state index contributed by atoms with van der Waals surface area (Å²) in [5.74, 6) is -0.426. The molecule has 0 radical (unpaired) electrons. The van der Waals surface area contributed by atoms with E-state index in [2.05, 4.69) is 10.1 Å². The minimum atomic E-state index is -0.708. The number of para-hydroxylation sites is 2. The van der Waals surface area contributed by atoms with Crippen LogP contribution in [0.25, 0.3) is 22.6 Å². The van der Waals surface area contributed by atoms with Crippen LogP contribution in [0.5, 0.6) is 11.5 Å². The molecule has 182 valence electrons. The summed E-state index contributed by atoms with van der Waals surface area (Å²) in [6.45, 7) is 3.47. The van der Waals surface area contributed by atoms with Crippen molar-refractivity contribution in [1.82, 2.24) is 19.2 Å². The highest BCUT2D eigenvalue weighted by Gasteiger charge is 2.19. The van der Waals surface area contributed by atoms with Crippen LogP contribution in [0.3, 0.4) is 0 Å². The number of fused-ring (bicyclic) bond motifs is 1. The Bertz CT molecular complexity index is 1660. The third-order valence-electron chi connectivity index (χ3n) is 5.85. The predicted molar refractivity (Wildman–Crippen MR) is 131 cm³/mol. The van der Waals surface area contributed by atoms with E-state index in [1.165, 1.54) is 10.5 Å². The van der Waals surface area contributed by atoms with Gasteiger partial charge >= 0.3 is 0 Å². The minimum absolute atomic E-state index is 0.148. The van der Waals surface area contributed by atoms with Crippen molar-refractivity contribution in [2.45, 2.75) is 20.5 Å². The molecule has 5 aromatic rings. The fraction of sp³-hybridized carbons (Fsp3) is 0.148. The SMILES string of the molecule is COc1ccccc1-n1nc(-c2c(C)nc3c(OCc4ccc(F)cc4F)cccn3c2=O)cc1C. The Hall–Kier alpha value is -4.53. The highest BCUT2D eigenvalue weighted by atomic mass is 19.1. The summed E-state index contributed by atoms with van der Waals surface area (Å²) in [5, 5.41) is 4.68. The molecule has 2 aromatic carbocycles. The molecule has 0 fully saturated rings. The Morgan fingerprint density at radius 3 is 2.53 bits per heavy atom. The lowest BCUT2D eigenvalue weighted by molar-refractivity contribution is 0.301. The summed E-state index contributed by atoms with van der Waals surface area (Å²) in [5.41, 5.74) is 3.01. The number of aromatic nitrogens is 4. The Balaban J connectivity index is 1.55. The maximum Gasteiger partial charge on any atom is 0.267 e. The quantitative estimate of drug-likeness (QED) is 0.335. The molecule has 0 bridgehead atoms. The highest BCUT2D eigenvalue weighted by molar-refractivity contribution is 5.66. The van der Waals surface area contributed by atoms with E-state index in [0.717, 1.165) is 23.5 Å². The summed E-state index contributed by atoms with van der Waals surface area (Å²) in [7, 11) is 1.59. The number of benzene rings is 2. The second-order valence-corrected chi connectivity index (χ2v) is 8.22. The Kier molecular flexibility index (Phi) is 5.97. The van der Waals surface area contributed by atoms with Crippen molar-refractivity contribution < 1.29 is 18.3 Å². The molecule has 0 saturated heterocycles. The molecule has 9 heteroatoms. The first-order valence-corrected chi connectivity index (χ1v) is 11.2. The van der Waals surface area contributed by atoms with Crippen LogP contribution >= 0.6 is 0 Å². The molecular formula is C27H22F2N4O3. The fourth-order valence-electron chi connectivity index (χ4n) is 4.09. The smallest absolute Gasteiger partial charge is 0.267 e. The largest absolute Gasteiger partial charge is 0.494 e. The van der Waals surface area contributed by atoms with Crippen molar-refractivity contribution in [3.05, 3.63) is 106 Å². The minimum Gasteiger partial charge on any atom is -0.494 e. The molecule has 0 spiro atoms. The lowest BCUT2D eigenvalue weighted by Gasteiger charge is -2.12. The van der Waals surface area contributed by atoms with Gasteiger partial charge in [-0.3, -0.25) is 9.20 Å². The van der Waals surface area contributed by atoms with Gasteiger partial charge in [0.2, 0.25) is 0 Å². The van der Waals surface area contributed by atoms with Gasteiger partial charge in [-0.15, -0.1) is 0 Å². The van der Waals surface area contributed by atoms with Gasteiger partial charge in [0.25, 0.3) is 5.56 Å².